The van der Waals surface area contributed by atoms with Crippen molar-refractivity contribution in [3.05, 3.63) is 0 Å². The molecule has 25 heavy (non-hydrogen) atoms. The van der Waals surface area contributed by atoms with Crippen molar-refractivity contribution < 1.29 is 4.39 Å². The van der Waals surface area contributed by atoms with Gasteiger partial charge in [0.1, 0.15) is 6.17 Å². The van der Waals surface area contributed by atoms with Gasteiger partial charge in [0, 0.05) is 0 Å². The lowest BCUT2D eigenvalue weighted by Gasteiger charge is -2.33. The SMILES string of the molecule is CCCC(CCCC(C)CC(C)C(C)C(F)CC)C1CCC(C)CC1. The highest BCUT2D eigenvalue weighted by molar-refractivity contribution is 4.77. The largest absolute Gasteiger partial charge is 0.247 e. The first kappa shape index (κ1) is 23.0. The molecule has 0 saturated heterocycles. The first-order chi connectivity index (χ1) is 11.9. The molecule has 0 N–H and O–H groups in total. The molecule has 0 aliphatic heterocycles. The Morgan fingerprint density at radius 2 is 1.56 bits per heavy atom. The van der Waals surface area contributed by atoms with Crippen molar-refractivity contribution >= 4 is 0 Å². The van der Waals surface area contributed by atoms with E-state index in [1.807, 2.05) is 6.92 Å². The highest BCUT2D eigenvalue weighted by Crippen LogP contribution is 2.38. The topological polar surface area (TPSA) is 0 Å². The van der Waals surface area contributed by atoms with Gasteiger partial charge in [-0.05, 0) is 61.2 Å². The fourth-order valence-electron chi connectivity index (χ4n) is 5.17. The minimum absolute atomic E-state index is 0.213. The van der Waals surface area contributed by atoms with Crippen molar-refractivity contribution in [2.75, 3.05) is 0 Å². The molecule has 0 aromatic carbocycles. The standard InChI is InChI=1S/C24H47F/c1-7-10-22(23-15-13-18(3)14-16-23)12-9-11-19(4)17-20(5)21(6)24(25)8-2/h18-24H,7-17H2,1-6H3. The van der Waals surface area contributed by atoms with Crippen molar-refractivity contribution in [2.24, 2.45) is 35.5 Å². The van der Waals surface area contributed by atoms with Crippen LogP contribution in [0.2, 0.25) is 0 Å². The number of rotatable bonds is 12. The van der Waals surface area contributed by atoms with Crippen molar-refractivity contribution in [2.45, 2.75) is 118 Å². The van der Waals surface area contributed by atoms with Gasteiger partial charge in [-0.15, -0.1) is 0 Å². The summed E-state index contributed by atoms with van der Waals surface area (Å²) in [7, 11) is 0. The van der Waals surface area contributed by atoms with E-state index in [0.717, 1.165) is 23.7 Å². The lowest BCUT2D eigenvalue weighted by atomic mass is 9.73. The molecular weight excluding hydrogens is 307 g/mol. The fourth-order valence-corrected chi connectivity index (χ4v) is 5.17. The van der Waals surface area contributed by atoms with Crippen LogP contribution in [0, 0.1) is 35.5 Å². The van der Waals surface area contributed by atoms with E-state index in [-0.39, 0.29) is 5.92 Å². The number of alkyl halides is 1. The second kappa shape index (κ2) is 12.3. The maximum Gasteiger partial charge on any atom is 0.103 e. The summed E-state index contributed by atoms with van der Waals surface area (Å²) in [6.07, 6.45) is 14.0. The predicted molar refractivity (Wildman–Crippen MR) is 111 cm³/mol. The Kier molecular flexibility index (Phi) is 11.3. The summed E-state index contributed by atoms with van der Waals surface area (Å²) in [4.78, 5) is 0. The molecule has 0 spiro atoms. The van der Waals surface area contributed by atoms with Crippen LogP contribution in [-0.2, 0) is 0 Å². The third kappa shape index (κ3) is 8.44. The van der Waals surface area contributed by atoms with Crippen LogP contribution < -0.4 is 0 Å². The molecule has 0 nitrogen and oxygen atoms in total. The van der Waals surface area contributed by atoms with Crippen molar-refractivity contribution in [1.29, 1.82) is 0 Å². The van der Waals surface area contributed by atoms with Crippen LogP contribution in [-0.4, -0.2) is 6.17 Å². The van der Waals surface area contributed by atoms with Crippen LogP contribution in [0.15, 0.2) is 0 Å². The van der Waals surface area contributed by atoms with E-state index in [2.05, 4.69) is 34.6 Å². The summed E-state index contributed by atoms with van der Waals surface area (Å²) < 4.78 is 13.9. The molecule has 0 amide bonds. The van der Waals surface area contributed by atoms with E-state index in [9.17, 15) is 4.39 Å². The summed E-state index contributed by atoms with van der Waals surface area (Å²) >= 11 is 0. The third-order valence-electron chi connectivity index (χ3n) is 7.29. The summed E-state index contributed by atoms with van der Waals surface area (Å²) in [6.45, 7) is 13.5. The second-order valence-corrected chi connectivity index (χ2v) is 9.60. The Morgan fingerprint density at radius 1 is 0.920 bits per heavy atom. The Labute approximate surface area is 158 Å². The summed E-state index contributed by atoms with van der Waals surface area (Å²) in [5.74, 6) is 4.40. The second-order valence-electron chi connectivity index (χ2n) is 9.60. The molecule has 1 fully saturated rings. The van der Waals surface area contributed by atoms with E-state index < -0.39 is 6.17 Å². The first-order valence-electron chi connectivity index (χ1n) is 11.5. The Bertz CT molecular complexity index is 318. The molecule has 150 valence electrons. The lowest BCUT2D eigenvalue weighted by Crippen LogP contribution is -2.22. The molecule has 1 aliphatic carbocycles. The van der Waals surface area contributed by atoms with Crippen LogP contribution in [0.5, 0.6) is 0 Å². The molecule has 0 aromatic rings. The molecule has 0 aromatic heterocycles. The Balaban J connectivity index is 2.32. The van der Waals surface area contributed by atoms with E-state index in [4.69, 9.17) is 0 Å². The predicted octanol–water partition coefficient (Wildman–Crippen LogP) is 8.45. The van der Waals surface area contributed by atoms with Gasteiger partial charge in [-0.2, -0.15) is 0 Å². The molecule has 0 radical (unpaired) electrons. The van der Waals surface area contributed by atoms with Gasteiger partial charge in [-0.3, -0.25) is 0 Å². The smallest absolute Gasteiger partial charge is 0.103 e. The highest BCUT2D eigenvalue weighted by Gasteiger charge is 2.26. The average Bonchev–Trinajstić information content (AvgIpc) is 2.60. The summed E-state index contributed by atoms with van der Waals surface area (Å²) in [6, 6.07) is 0. The van der Waals surface area contributed by atoms with Gasteiger partial charge in [-0.25, -0.2) is 4.39 Å². The number of halogens is 1. The summed E-state index contributed by atoms with van der Waals surface area (Å²) in [5.41, 5.74) is 0. The quantitative estimate of drug-likeness (QED) is 0.330. The lowest BCUT2D eigenvalue weighted by molar-refractivity contribution is 0.161. The van der Waals surface area contributed by atoms with Crippen LogP contribution in [0.4, 0.5) is 4.39 Å². The zero-order valence-electron chi connectivity index (χ0n) is 18.2. The van der Waals surface area contributed by atoms with E-state index in [1.165, 1.54) is 64.2 Å². The van der Waals surface area contributed by atoms with E-state index >= 15 is 0 Å². The summed E-state index contributed by atoms with van der Waals surface area (Å²) in [5, 5.41) is 0. The molecule has 1 aliphatic rings. The van der Waals surface area contributed by atoms with Crippen LogP contribution >= 0.6 is 0 Å². The van der Waals surface area contributed by atoms with Crippen molar-refractivity contribution in [1.82, 2.24) is 0 Å². The molecule has 0 heterocycles. The maximum absolute atomic E-state index is 13.9. The van der Waals surface area contributed by atoms with Gasteiger partial charge in [-0.1, -0.05) is 86.5 Å². The Morgan fingerprint density at radius 3 is 2.12 bits per heavy atom. The van der Waals surface area contributed by atoms with E-state index in [1.54, 1.807) is 0 Å². The van der Waals surface area contributed by atoms with Crippen LogP contribution in [0.3, 0.4) is 0 Å². The van der Waals surface area contributed by atoms with Crippen LogP contribution in [0.25, 0.3) is 0 Å². The van der Waals surface area contributed by atoms with Gasteiger partial charge in [0.05, 0.1) is 0 Å². The fraction of sp³-hybridized carbons (Fsp3) is 1.00. The molecule has 0 bridgehead atoms. The zero-order valence-corrected chi connectivity index (χ0v) is 18.2. The molecule has 1 saturated carbocycles. The molecule has 1 heteroatoms. The number of hydrogen-bond acceptors (Lipinski definition) is 0. The Hall–Kier alpha value is -0.0700. The van der Waals surface area contributed by atoms with E-state index in [0.29, 0.717) is 12.3 Å². The third-order valence-corrected chi connectivity index (χ3v) is 7.29. The normalized spacial score (nSPS) is 27.5. The molecular formula is C24H47F. The molecule has 5 atom stereocenters. The minimum Gasteiger partial charge on any atom is -0.247 e. The highest BCUT2D eigenvalue weighted by atomic mass is 19.1. The van der Waals surface area contributed by atoms with Crippen molar-refractivity contribution in [3.63, 3.8) is 0 Å². The van der Waals surface area contributed by atoms with Crippen molar-refractivity contribution in [3.8, 4) is 0 Å². The van der Waals surface area contributed by atoms with Gasteiger partial charge < -0.3 is 0 Å². The van der Waals surface area contributed by atoms with Gasteiger partial charge in [0.2, 0.25) is 0 Å². The van der Waals surface area contributed by atoms with Crippen LogP contribution in [0.1, 0.15) is 112 Å². The van der Waals surface area contributed by atoms with Gasteiger partial charge in [0.15, 0.2) is 0 Å². The maximum atomic E-state index is 13.9. The molecule has 1 rings (SSSR count). The minimum atomic E-state index is -0.621. The van der Waals surface area contributed by atoms with Gasteiger partial charge >= 0.3 is 0 Å². The number of hydrogen-bond donors (Lipinski definition) is 0. The average molecular weight is 355 g/mol. The first-order valence-corrected chi connectivity index (χ1v) is 11.5. The zero-order chi connectivity index (χ0) is 18.8. The monoisotopic (exact) mass is 354 g/mol. The van der Waals surface area contributed by atoms with Gasteiger partial charge in [0.25, 0.3) is 0 Å². The molecule has 5 unspecified atom stereocenters.